The average Bonchev–Trinajstić information content (AvgIpc) is 2.96. The molecule has 0 radical (unpaired) electrons. The number of thioether (sulfide) groups is 1. The summed E-state index contributed by atoms with van der Waals surface area (Å²) < 4.78 is 6.03. The number of hydrogen-bond donors (Lipinski definition) is 2. The van der Waals surface area contributed by atoms with Crippen LogP contribution >= 0.6 is 11.8 Å². The summed E-state index contributed by atoms with van der Waals surface area (Å²) in [6, 6.07) is 8.32. The monoisotopic (exact) mass is 321 g/mol. The van der Waals surface area contributed by atoms with E-state index in [1.54, 1.807) is 11.8 Å². The van der Waals surface area contributed by atoms with E-state index in [1.165, 1.54) is 5.56 Å². The summed E-state index contributed by atoms with van der Waals surface area (Å²) in [5.41, 5.74) is 1.07. The Balaban J connectivity index is 1.73. The molecule has 0 aliphatic carbocycles. The Morgan fingerprint density at radius 1 is 1.27 bits per heavy atom. The average molecular weight is 321 g/mol. The Morgan fingerprint density at radius 3 is 2.64 bits per heavy atom. The number of aryl methyl sites for hydroxylation is 1. The van der Waals surface area contributed by atoms with E-state index >= 15 is 0 Å². The second-order valence-corrected chi connectivity index (χ2v) is 6.22. The molecular formula is C16H23N3O2S. The molecular weight excluding hydrogens is 298 g/mol. The quantitative estimate of drug-likeness (QED) is 0.696. The molecule has 0 fully saturated rings. The molecule has 0 amide bonds. The van der Waals surface area contributed by atoms with Crippen LogP contribution in [0.4, 0.5) is 0 Å². The number of aromatic amines is 2. The van der Waals surface area contributed by atoms with Gasteiger partial charge in [-0.1, -0.05) is 26.0 Å². The first-order valence-electron chi connectivity index (χ1n) is 7.68. The maximum atomic E-state index is 10.9. The summed E-state index contributed by atoms with van der Waals surface area (Å²) in [4.78, 5) is 13.6. The molecule has 2 N–H and O–H groups in total. The van der Waals surface area contributed by atoms with E-state index in [9.17, 15) is 4.79 Å². The van der Waals surface area contributed by atoms with Crippen LogP contribution in [0.3, 0.4) is 0 Å². The minimum atomic E-state index is -0.249. The van der Waals surface area contributed by atoms with Gasteiger partial charge in [-0.25, -0.2) is 9.89 Å². The van der Waals surface area contributed by atoms with Gasteiger partial charge in [0.25, 0.3) is 0 Å². The fourth-order valence-corrected chi connectivity index (χ4v) is 3.00. The van der Waals surface area contributed by atoms with Crippen molar-refractivity contribution in [2.45, 2.75) is 45.0 Å². The molecule has 0 aliphatic heterocycles. The highest BCUT2D eigenvalue weighted by Crippen LogP contribution is 2.18. The Morgan fingerprint density at radius 2 is 2.05 bits per heavy atom. The van der Waals surface area contributed by atoms with E-state index in [2.05, 4.69) is 41.2 Å². The third-order valence-corrected chi connectivity index (χ3v) is 4.46. The summed E-state index contributed by atoms with van der Waals surface area (Å²) in [6.07, 6.45) is 3.22. The summed E-state index contributed by atoms with van der Waals surface area (Å²) in [5, 5.41) is 6.26. The van der Waals surface area contributed by atoms with E-state index in [-0.39, 0.29) is 11.8 Å². The minimum Gasteiger partial charge on any atom is -0.490 e. The van der Waals surface area contributed by atoms with Gasteiger partial charge in [0.2, 0.25) is 0 Å². The molecule has 120 valence electrons. The largest absolute Gasteiger partial charge is 0.490 e. The van der Waals surface area contributed by atoms with Crippen LogP contribution in [0, 0.1) is 0 Å². The number of nitrogens with one attached hydrogen (secondary N) is 2. The van der Waals surface area contributed by atoms with Crippen molar-refractivity contribution in [3.63, 3.8) is 0 Å². The molecule has 2 aromatic rings. The number of nitrogens with zero attached hydrogens (tertiary/aromatic N) is 1. The van der Waals surface area contributed by atoms with Crippen LogP contribution in [-0.4, -0.2) is 27.0 Å². The maximum Gasteiger partial charge on any atom is 0.340 e. The second-order valence-electron chi connectivity index (χ2n) is 5.11. The molecule has 22 heavy (non-hydrogen) atoms. The zero-order chi connectivity index (χ0) is 15.8. The smallest absolute Gasteiger partial charge is 0.340 e. The van der Waals surface area contributed by atoms with Crippen molar-refractivity contribution in [3.05, 3.63) is 46.1 Å². The Kier molecular flexibility index (Phi) is 6.58. The zero-order valence-electron chi connectivity index (χ0n) is 13.1. The third kappa shape index (κ3) is 5.26. The Hall–Kier alpha value is -1.69. The van der Waals surface area contributed by atoms with Gasteiger partial charge in [0.1, 0.15) is 11.6 Å². The first kappa shape index (κ1) is 16.7. The standard InChI is InChI=1S/C16H23N3O2S/c1-3-12-5-7-14(8-6-12)21-13(4-2)9-10-22-11-15-17-16(20)19-18-15/h5-8,13H,3-4,9-11H2,1-2H3,(H2,17,18,19,20). The van der Waals surface area contributed by atoms with E-state index in [4.69, 9.17) is 4.74 Å². The first-order valence-corrected chi connectivity index (χ1v) is 8.83. The molecule has 2 rings (SSSR count). The van der Waals surface area contributed by atoms with Crippen LogP contribution in [0.5, 0.6) is 5.75 Å². The highest BCUT2D eigenvalue weighted by molar-refractivity contribution is 7.98. The van der Waals surface area contributed by atoms with Crippen molar-refractivity contribution in [2.24, 2.45) is 0 Å². The number of aromatic nitrogens is 3. The van der Waals surface area contributed by atoms with Gasteiger partial charge in [-0.15, -0.1) is 0 Å². The first-order chi connectivity index (χ1) is 10.7. The van der Waals surface area contributed by atoms with Gasteiger partial charge in [-0.3, -0.25) is 4.98 Å². The molecule has 6 heteroatoms. The van der Waals surface area contributed by atoms with Gasteiger partial charge in [0.05, 0.1) is 11.9 Å². The normalized spacial score (nSPS) is 12.3. The van der Waals surface area contributed by atoms with Gasteiger partial charge in [0, 0.05) is 0 Å². The van der Waals surface area contributed by atoms with Crippen molar-refractivity contribution < 1.29 is 4.74 Å². The topological polar surface area (TPSA) is 70.8 Å². The Bertz CT molecular complexity index is 606. The molecule has 0 bridgehead atoms. The molecule has 0 spiro atoms. The second kappa shape index (κ2) is 8.68. The van der Waals surface area contributed by atoms with Crippen LogP contribution < -0.4 is 10.4 Å². The van der Waals surface area contributed by atoms with E-state index < -0.39 is 0 Å². The summed E-state index contributed by atoms with van der Waals surface area (Å²) in [7, 11) is 0. The van der Waals surface area contributed by atoms with Crippen LogP contribution in [0.2, 0.25) is 0 Å². The summed E-state index contributed by atoms with van der Waals surface area (Å²) >= 11 is 1.75. The number of ether oxygens (including phenoxy) is 1. The van der Waals surface area contributed by atoms with Gasteiger partial charge in [0.15, 0.2) is 0 Å². The molecule has 1 aromatic carbocycles. The zero-order valence-corrected chi connectivity index (χ0v) is 13.9. The van der Waals surface area contributed by atoms with E-state index in [0.29, 0.717) is 11.6 Å². The van der Waals surface area contributed by atoms with Crippen LogP contribution in [-0.2, 0) is 12.2 Å². The predicted octanol–water partition coefficient (Wildman–Crippen LogP) is 3.14. The molecule has 1 atom stereocenters. The number of hydrogen-bond acceptors (Lipinski definition) is 4. The van der Waals surface area contributed by atoms with Crippen molar-refractivity contribution in [1.29, 1.82) is 0 Å². The fourth-order valence-electron chi connectivity index (χ4n) is 2.10. The number of rotatable bonds is 9. The van der Waals surface area contributed by atoms with Crippen LogP contribution in [0.15, 0.2) is 29.1 Å². The lowest BCUT2D eigenvalue weighted by Gasteiger charge is -2.17. The number of H-pyrrole nitrogens is 2. The third-order valence-electron chi connectivity index (χ3n) is 3.46. The highest BCUT2D eigenvalue weighted by atomic mass is 32.2. The van der Waals surface area contributed by atoms with Gasteiger partial charge in [-0.05, 0) is 42.7 Å². The molecule has 0 aliphatic rings. The lowest BCUT2D eigenvalue weighted by Crippen LogP contribution is -2.16. The fraction of sp³-hybridized carbons (Fsp3) is 0.500. The maximum absolute atomic E-state index is 10.9. The molecule has 1 heterocycles. The van der Waals surface area contributed by atoms with Gasteiger partial charge in [-0.2, -0.15) is 16.9 Å². The molecule has 1 aromatic heterocycles. The van der Waals surface area contributed by atoms with E-state index in [0.717, 1.165) is 30.8 Å². The minimum absolute atomic E-state index is 0.221. The Labute approximate surface area is 134 Å². The van der Waals surface area contributed by atoms with Gasteiger partial charge >= 0.3 is 5.69 Å². The van der Waals surface area contributed by atoms with Crippen LogP contribution in [0.25, 0.3) is 0 Å². The predicted molar refractivity (Wildman–Crippen MR) is 90.5 cm³/mol. The molecule has 0 saturated heterocycles. The number of benzene rings is 1. The highest BCUT2D eigenvalue weighted by Gasteiger charge is 2.08. The lowest BCUT2D eigenvalue weighted by atomic mass is 10.1. The SMILES string of the molecule is CCc1ccc(OC(CC)CCSCc2n[nH]c(=O)[nH]2)cc1. The summed E-state index contributed by atoms with van der Waals surface area (Å²) in [5.74, 6) is 3.31. The molecule has 0 saturated carbocycles. The lowest BCUT2D eigenvalue weighted by molar-refractivity contribution is 0.194. The van der Waals surface area contributed by atoms with Crippen molar-refractivity contribution in [2.75, 3.05) is 5.75 Å². The van der Waals surface area contributed by atoms with Crippen molar-refractivity contribution >= 4 is 11.8 Å². The van der Waals surface area contributed by atoms with Gasteiger partial charge < -0.3 is 4.74 Å². The van der Waals surface area contributed by atoms with Crippen molar-refractivity contribution in [1.82, 2.24) is 15.2 Å². The summed E-state index contributed by atoms with van der Waals surface area (Å²) in [6.45, 7) is 4.29. The molecule has 5 nitrogen and oxygen atoms in total. The van der Waals surface area contributed by atoms with E-state index in [1.807, 2.05) is 12.1 Å². The van der Waals surface area contributed by atoms with Crippen LogP contribution in [0.1, 0.15) is 38.1 Å². The molecule has 1 unspecified atom stereocenters. The van der Waals surface area contributed by atoms with Crippen molar-refractivity contribution in [3.8, 4) is 5.75 Å².